The Morgan fingerprint density at radius 1 is 1.21 bits per heavy atom. The molecule has 0 atom stereocenters. The van der Waals surface area contributed by atoms with Crippen LogP contribution in [0, 0.1) is 16.0 Å². The highest BCUT2D eigenvalue weighted by molar-refractivity contribution is 5.87. The smallest absolute Gasteiger partial charge is 0.269 e. The summed E-state index contributed by atoms with van der Waals surface area (Å²) in [6.07, 6.45) is 6.43. The third-order valence-corrected chi connectivity index (χ3v) is 3.91. The van der Waals surface area contributed by atoms with Gasteiger partial charge >= 0.3 is 0 Å². The van der Waals surface area contributed by atoms with Crippen molar-refractivity contribution in [2.24, 2.45) is 11.0 Å². The van der Waals surface area contributed by atoms with Crippen LogP contribution in [0.3, 0.4) is 0 Å². The van der Waals surface area contributed by atoms with Crippen LogP contribution in [0.4, 0.5) is 5.69 Å². The average molecular weight is 332 g/mol. The third kappa shape index (κ3) is 5.45. The van der Waals surface area contributed by atoms with Gasteiger partial charge in [-0.15, -0.1) is 0 Å². The van der Waals surface area contributed by atoms with Crippen LogP contribution in [0.5, 0.6) is 0 Å². The molecule has 24 heavy (non-hydrogen) atoms. The molecule has 2 amide bonds. The fraction of sp³-hybridized carbons (Fsp3) is 0.438. The first-order valence-corrected chi connectivity index (χ1v) is 7.90. The number of nitrogens with one attached hydrogen (secondary N) is 2. The van der Waals surface area contributed by atoms with Gasteiger partial charge in [0.05, 0.1) is 17.7 Å². The van der Waals surface area contributed by atoms with Crippen LogP contribution < -0.4 is 10.7 Å². The molecule has 2 N–H and O–H groups in total. The summed E-state index contributed by atoms with van der Waals surface area (Å²) >= 11 is 0. The van der Waals surface area contributed by atoms with Crippen molar-refractivity contribution < 1.29 is 14.5 Å². The number of nitro groups is 1. The van der Waals surface area contributed by atoms with E-state index in [1.165, 1.54) is 36.9 Å². The molecule has 128 valence electrons. The lowest BCUT2D eigenvalue weighted by atomic mass is 9.89. The second kappa shape index (κ2) is 8.76. The van der Waals surface area contributed by atoms with E-state index in [0.29, 0.717) is 5.56 Å². The zero-order chi connectivity index (χ0) is 17.4. The summed E-state index contributed by atoms with van der Waals surface area (Å²) in [7, 11) is 0. The number of nitrogens with zero attached hydrogens (tertiary/aromatic N) is 2. The summed E-state index contributed by atoms with van der Waals surface area (Å²) in [6.45, 7) is -0.118. The van der Waals surface area contributed by atoms with Crippen LogP contribution in [0.25, 0.3) is 0 Å². The highest BCUT2D eigenvalue weighted by Gasteiger charge is 2.21. The summed E-state index contributed by atoms with van der Waals surface area (Å²) in [5.74, 6) is -0.489. The van der Waals surface area contributed by atoms with Crippen molar-refractivity contribution in [3.8, 4) is 0 Å². The summed E-state index contributed by atoms with van der Waals surface area (Å²) < 4.78 is 0. The zero-order valence-corrected chi connectivity index (χ0v) is 13.2. The van der Waals surface area contributed by atoms with Crippen molar-refractivity contribution >= 4 is 23.7 Å². The van der Waals surface area contributed by atoms with Crippen molar-refractivity contribution in [2.45, 2.75) is 32.1 Å². The van der Waals surface area contributed by atoms with Gasteiger partial charge in [-0.25, -0.2) is 5.43 Å². The Bertz CT molecular complexity index is 621. The molecule has 1 saturated carbocycles. The van der Waals surface area contributed by atoms with E-state index >= 15 is 0 Å². The maximum absolute atomic E-state index is 11.9. The van der Waals surface area contributed by atoms with E-state index in [1.54, 1.807) is 0 Å². The minimum Gasteiger partial charge on any atom is -0.347 e. The number of carbonyl (C=O) groups excluding carboxylic acids is 2. The number of hydrogen-bond acceptors (Lipinski definition) is 5. The van der Waals surface area contributed by atoms with E-state index in [0.717, 1.165) is 25.7 Å². The molecule has 8 nitrogen and oxygen atoms in total. The molecule has 0 bridgehead atoms. The van der Waals surface area contributed by atoms with E-state index in [2.05, 4.69) is 15.8 Å². The molecule has 1 aromatic carbocycles. The molecular formula is C16H20N4O4. The molecular weight excluding hydrogens is 312 g/mol. The number of carbonyl (C=O) groups is 2. The third-order valence-electron chi connectivity index (χ3n) is 3.91. The molecule has 0 saturated heterocycles. The maximum Gasteiger partial charge on any atom is 0.269 e. The molecule has 0 heterocycles. The van der Waals surface area contributed by atoms with Gasteiger partial charge in [0.15, 0.2) is 0 Å². The minimum atomic E-state index is -0.488. The molecule has 1 aliphatic rings. The van der Waals surface area contributed by atoms with Crippen molar-refractivity contribution in [2.75, 3.05) is 6.54 Å². The highest BCUT2D eigenvalue weighted by atomic mass is 16.6. The summed E-state index contributed by atoms with van der Waals surface area (Å²) in [6, 6.07) is 5.76. The molecule has 1 aliphatic carbocycles. The number of hydrazone groups is 1. The summed E-state index contributed by atoms with van der Waals surface area (Å²) in [5, 5.41) is 16.9. The predicted octanol–water partition coefficient (Wildman–Crippen LogP) is 1.74. The lowest BCUT2D eigenvalue weighted by Crippen LogP contribution is -2.38. The van der Waals surface area contributed by atoms with E-state index in [4.69, 9.17) is 0 Å². The Morgan fingerprint density at radius 3 is 2.50 bits per heavy atom. The second-order valence-corrected chi connectivity index (χ2v) is 5.69. The van der Waals surface area contributed by atoms with Gasteiger partial charge in [-0.1, -0.05) is 19.3 Å². The SMILES string of the molecule is O=C(CNC(=O)C1CCCCC1)N/N=C/c1ccc([N+](=O)[O-])cc1. The first-order chi connectivity index (χ1) is 11.6. The van der Waals surface area contributed by atoms with Crippen LogP contribution in [-0.2, 0) is 9.59 Å². The number of benzene rings is 1. The van der Waals surface area contributed by atoms with E-state index < -0.39 is 10.8 Å². The summed E-state index contributed by atoms with van der Waals surface area (Å²) in [4.78, 5) is 33.6. The number of hydrogen-bond donors (Lipinski definition) is 2. The van der Waals surface area contributed by atoms with Crippen molar-refractivity contribution in [1.82, 2.24) is 10.7 Å². The fourth-order valence-electron chi connectivity index (χ4n) is 2.58. The van der Waals surface area contributed by atoms with Crippen LogP contribution in [0.15, 0.2) is 29.4 Å². The molecule has 1 aromatic rings. The number of amides is 2. The molecule has 8 heteroatoms. The van der Waals surface area contributed by atoms with Crippen LogP contribution in [-0.4, -0.2) is 29.5 Å². The minimum absolute atomic E-state index is 0.00941. The van der Waals surface area contributed by atoms with Crippen LogP contribution in [0.2, 0.25) is 0 Å². The van der Waals surface area contributed by atoms with Crippen molar-refractivity contribution in [3.05, 3.63) is 39.9 Å². The second-order valence-electron chi connectivity index (χ2n) is 5.69. The largest absolute Gasteiger partial charge is 0.347 e. The first-order valence-electron chi connectivity index (χ1n) is 7.90. The first kappa shape index (κ1) is 17.6. The average Bonchev–Trinajstić information content (AvgIpc) is 2.61. The van der Waals surface area contributed by atoms with Crippen molar-refractivity contribution in [1.29, 1.82) is 0 Å². The number of rotatable bonds is 6. The molecule has 0 spiro atoms. The Kier molecular flexibility index (Phi) is 6.41. The Balaban J connectivity index is 1.72. The molecule has 1 fully saturated rings. The monoisotopic (exact) mass is 332 g/mol. The fourth-order valence-corrected chi connectivity index (χ4v) is 2.58. The van der Waals surface area contributed by atoms with Crippen molar-refractivity contribution in [3.63, 3.8) is 0 Å². The van der Waals surface area contributed by atoms with Gasteiger partial charge in [0.1, 0.15) is 0 Å². The van der Waals surface area contributed by atoms with Gasteiger partial charge in [-0.3, -0.25) is 19.7 Å². The van der Waals surface area contributed by atoms with Crippen LogP contribution >= 0.6 is 0 Å². The standard InChI is InChI=1S/C16H20N4O4/c21-15(11-17-16(22)13-4-2-1-3-5-13)19-18-10-12-6-8-14(9-7-12)20(23)24/h6-10,13H,1-5,11H2,(H,17,22)(H,19,21)/b18-10+. The van der Waals surface area contributed by atoms with Gasteiger partial charge in [-0.2, -0.15) is 5.10 Å². The Labute approximate surface area is 139 Å². The predicted molar refractivity (Wildman–Crippen MR) is 88.4 cm³/mol. The van der Waals surface area contributed by atoms with Gasteiger partial charge in [0.25, 0.3) is 11.6 Å². The molecule has 0 radical (unpaired) electrons. The Morgan fingerprint density at radius 2 is 1.88 bits per heavy atom. The Hall–Kier alpha value is -2.77. The van der Waals surface area contributed by atoms with Gasteiger partial charge in [-0.05, 0) is 30.5 Å². The lowest BCUT2D eigenvalue weighted by Gasteiger charge is -2.20. The van der Waals surface area contributed by atoms with E-state index in [1.807, 2.05) is 0 Å². The molecule has 2 rings (SSSR count). The molecule has 0 aliphatic heterocycles. The number of non-ortho nitro benzene ring substituents is 1. The van der Waals surface area contributed by atoms with E-state index in [9.17, 15) is 19.7 Å². The van der Waals surface area contributed by atoms with Gasteiger partial charge in [0.2, 0.25) is 5.91 Å². The quantitative estimate of drug-likeness (QED) is 0.469. The maximum atomic E-state index is 11.9. The number of nitro benzene ring substituents is 1. The van der Waals surface area contributed by atoms with Gasteiger partial charge in [0, 0.05) is 18.1 Å². The van der Waals surface area contributed by atoms with E-state index in [-0.39, 0.29) is 24.1 Å². The summed E-state index contributed by atoms with van der Waals surface area (Å²) in [5.41, 5.74) is 2.91. The highest BCUT2D eigenvalue weighted by Crippen LogP contribution is 2.23. The molecule has 0 unspecified atom stereocenters. The topological polar surface area (TPSA) is 114 Å². The zero-order valence-electron chi connectivity index (χ0n) is 13.2. The lowest BCUT2D eigenvalue weighted by molar-refractivity contribution is -0.384. The normalized spacial score (nSPS) is 15.2. The molecule has 0 aromatic heterocycles. The van der Waals surface area contributed by atoms with Crippen LogP contribution in [0.1, 0.15) is 37.7 Å². The van der Waals surface area contributed by atoms with Gasteiger partial charge < -0.3 is 5.32 Å².